The van der Waals surface area contributed by atoms with Gasteiger partial charge in [0.05, 0.1) is 5.52 Å². The van der Waals surface area contributed by atoms with Crippen molar-refractivity contribution in [1.82, 2.24) is 4.57 Å². The van der Waals surface area contributed by atoms with Gasteiger partial charge in [0, 0.05) is 37.5 Å². The molecule has 3 heteroatoms. The van der Waals surface area contributed by atoms with Crippen LogP contribution in [0.2, 0.25) is 0 Å². The van der Waals surface area contributed by atoms with Gasteiger partial charge in [0.1, 0.15) is 0 Å². The minimum atomic E-state index is 0.835. The van der Waals surface area contributed by atoms with E-state index in [4.69, 9.17) is 10.5 Å². The largest absolute Gasteiger partial charge is 0.398 e. The predicted octanol–water partition coefficient (Wildman–Crippen LogP) is 2.65. The molecule has 3 nitrogen and oxygen atoms in total. The van der Waals surface area contributed by atoms with E-state index in [0.29, 0.717) is 0 Å². The lowest BCUT2D eigenvalue weighted by atomic mass is 10.2. The molecule has 1 aromatic carbocycles. The van der Waals surface area contributed by atoms with Crippen LogP contribution in [0.15, 0.2) is 30.5 Å². The molecule has 2 rings (SSSR count). The summed E-state index contributed by atoms with van der Waals surface area (Å²) in [6, 6.07) is 8.14. The van der Waals surface area contributed by atoms with Crippen molar-refractivity contribution in [2.45, 2.75) is 19.4 Å². The Morgan fingerprint density at radius 1 is 1.25 bits per heavy atom. The number of aromatic nitrogens is 1. The molecule has 0 saturated heterocycles. The smallest absolute Gasteiger partial charge is 0.0501 e. The number of rotatable bonds is 5. The zero-order valence-corrected chi connectivity index (χ0v) is 9.65. The van der Waals surface area contributed by atoms with Crippen LogP contribution in [0.5, 0.6) is 0 Å². The monoisotopic (exact) mass is 218 g/mol. The Morgan fingerprint density at radius 2 is 2.12 bits per heavy atom. The fraction of sp³-hybridized carbons (Fsp3) is 0.385. The third-order valence-corrected chi connectivity index (χ3v) is 2.84. The van der Waals surface area contributed by atoms with Gasteiger partial charge in [0.15, 0.2) is 0 Å². The highest BCUT2D eigenvalue weighted by molar-refractivity contribution is 5.91. The van der Waals surface area contributed by atoms with E-state index in [-0.39, 0.29) is 0 Å². The number of fused-ring (bicyclic) bond motifs is 1. The van der Waals surface area contributed by atoms with Gasteiger partial charge in [-0.2, -0.15) is 0 Å². The Hall–Kier alpha value is -1.48. The first kappa shape index (κ1) is 11.0. The molecule has 0 aliphatic carbocycles. The average molecular weight is 218 g/mol. The topological polar surface area (TPSA) is 40.2 Å². The summed E-state index contributed by atoms with van der Waals surface area (Å²) in [7, 11) is 1.74. The molecule has 0 fully saturated rings. The molecule has 0 atom stereocenters. The Kier molecular flexibility index (Phi) is 3.47. The quantitative estimate of drug-likeness (QED) is 0.619. The van der Waals surface area contributed by atoms with Gasteiger partial charge >= 0.3 is 0 Å². The second-order valence-electron chi connectivity index (χ2n) is 3.99. The van der Waals surface area contributed by atoms with Gasteiger partial charge in [-0.05, 0) is 31.0 Å². The van der Waals surface area contributed by atoms with Crippen LogP contribution in [0, 0.1) is 0 Å². The van der Waals surface area contributed by atoms with Crippen LogP contribution < -0.4 is 5.73 Å². The first-order chi connectivity index (χ1) is 7.83. The average Bonchev–Trinajstić information content (AvgIpc) is 2.70. The number of anilines is 1. The number of nitrogens with two attached hydrogens (primary N) is 1. The summed E-state index contributed by atoms with van der Waals surface area (Å²) in [6.45, 7) is 1.86. The third kappa shape index (κ3) is 2.19. The second-order valence-corrected chi connectivity index (χ2v) is 3.99. The second kappa shape index (κ2) is 5.03. The number of benzene rings is 1. The lowest BCUT2D eigenvalue weighted by molar-refractivity contribution is 0.191. The molecule has 0 unspecified atom stereocenters. The maximum absolute atomic E-state index is 5.91. The Labute approximate surface area is 95.8 Å². The van der Waals surface area contributed by atoms with Crippen molar-refractivity contribution in [3.63, 3.8) is 0 Å². The zero-order chi connectivity index (χ0) is 11.4. The number of ether oxygens (including phenoxy) is 1. The lowest BCUT2D eigenvalue weighted by Crippen LogP contribution is -1.98. The highest BCUT2D eigenvalue weighted by Gasteiger charge is 2.02. The van der Waals surface area contributed by atoms with Crippen molar-refractivity contribution in [3.8, 4) is 0 Å². The standard InChI is InChI=1S/C13H18N2O/c1-16-10-3-2-8-15-9-7-11-12(14)5-4-6-13(11)15/h4-7,9H,2-3,8,10,14H2,1H3. The van der Waals surface area contributed by atoms with E-state index in [2.05, 4.69) is 22.9 Å². The molecule has 1 heterocycles. The van der Waals surface area contributed by atoms with Crippen molar-refractivity contribution >= 4 is 16.6 Å². The molecular formula is C13H18N2O. The Balaban J connectivity index is 2.10. The number of unbranched alkanes of at least 4 members (excludes halogenated alkanes) is 1. The highest BCUT2D eigenvalue weighted by atomic mass is 16.5. The fourth-order valence-electron chi connectivity index (χ4n) is 1.97. The van der Waals surface area contributed by atoms with Gasteiger partial charge < -0.3 is 15.0 Å². The first-order valence-corrected chi connectivity index (χ1v) is 5.65. The molecular weight excluding hydrogens is 200 g/mol. The summed E-state index contributed by atoms with van der Waals surface area (Å²) < 4.78 is 7.29. The van der Waals surface area contributed by atoms with E-state index in [0.717, 1.165) is 37.1 Å². The number of nitrogen functional groups attached to an aromatic ring is 1. The van der Waals surface area contributed by atoms with Crippen LogP contribution in [0.1, 0.15) is 12.8 Å². The van der Waals surface area contributed by atoms with Crippen LogP contribution >= 0.6 is 0 Å². The summed E-state index contributed by atoms with van der Waals surface area (Å²) in [5.41, 5.74) is 7.99. The Morgan fingerprint density at radius 3 is 2.94 bits per heavy atom. The van der Waals surface area contributed by atoms with Gasteiger partial charge in [0.2, 0.25) is 0 Å². The molecule has 2 N–H and O–H groups in total. The summed E-state index contributed by atoms with van der Waals surface area (Å²) in [5, 5.41) is 1.15. The maximum Gasteiger partial charge on any atom is 0.0501 e. The van der Waals surface area contributed by atoms with E-state index in [1.807, 2.05) is 12.1 Å². The zero-order valence-electron chi connectivity index (χ0n) is 9.65. The first-order valence-electron chi connectivity index (χ1n) is 5.65. The Bertz CT molecular complexity index is 462. The van der Waals surface area contributed by atoms with Gasteiger partial charge in [0.25, 0.3) is 0 Å². The van der Waals surface area contributed by atoms with Gasteiger partial charge in [-0.1, -0.05) is 6.07 Å². The van der Waals surface area contributed by atoms with Gasteiger partial charge in [-0.25, -0.2) is 0 Å². The van der Waals surface area contributed by atoms with Gasteiger partial charge in [-0.15, -0.1) is 0 Å². The molecule has 0 spiro atoms. The van der Waals surface area contributed by atoms with E-state index in [9.17, 15) is 0 Å². The molecule has 0 aliphatic heterocycles. The molecule has 0 radical (unpaired) electrons. The van der Waals surface area contributed by atoms with Crippen LogP contribution in [0.4, 0.5) is 5.69 Å². The van der Waals surface area contributed by atoms with Crippen molar-refractivity contribution in [1.29, 1.82) is 0 Å². The van der Waals surface area contributed by atoms with Crippen LogP contribution in [0.25, 0.3) is 10.9 Å². The molecule has 86 valence electrons. The summed E-state index contributed by atoms with van der Waals surface area (Å²) >= 11 is 0. The molecule has 1 aromatic heterocycles. The number of hydrogen-bond acceptors (Lipinski definition) is 2. The normalized spacial score (nSPS) is 11.1. The van der Waals surface area contributed by atoms with Gasteiger partial charge in [-0.3, -0.25) is 0 Å². The molecule has 2 aromatic rings. The van der Waals surface area contributed by atoms with E-state index >= 15 is 0 Å². The lowest BCUT2D eigenvalue weighted by Gasteiger charge is -2.05. The summed E-state index contributed by atoms with van der Waals surface area (Å²) in [5.74, 6) is 0. The summed E-state index contributed by atoms with van der Waals surface area (Å²) in [6.07, 6.45) is 4.33. The minimum absolute atomic E-state index is 0.835. The number of aryl methyl sites for hydroxylation is 1. The molecule has 16 heavy (non-hydrogen) atoms. The van der Waals surface area contributed by atoms with Crippen LogP contribution in [0.3, 0.4) is 0 Å². The van der Waals surface area contributed by atoms with Crippen molar-refractivity contribution in [3.05, 3.63) is 30.5 Å². The summed E-state index contributed by atoms with van der Waals surface area (Å²) in [4.78, 5) is 0. The highest BCUT2D eigenvalue weighted by Crippen LogP contribution is 2.22. The van der Waals surface area contributed by atoms with Crippen LogP contribution in [-0.4, -0.2) is 18.3 Å². The SMILES string of the molecule is COCCCCn1ccc2c(N)cccc21. The van der Waals surface area contributed by atoms with E-state index in [1.54, 1.807) is 7.11 Å². The molecule has 0 aliphatic rings. The van der Waals surface area contributed by atoms with Crippen molar-refractivity contribution < 1.29 is 4.74 Å². The minimum Gasteiger partial charge on any atom is -0.398 e. The van der Waals surface area contributed by atoms with E-state index < -0.39 is 0 Å². The predicted molar refractivity (Wildman–Crippen MR) is 67.5 cm³/mol. The number of methoxy groups -OCH3 is 1. The van der Waals surface area contributed by atoms with Crippen molar-refractivity contribution in [2.24, 2.45) is 0 Å². The molecule has 0 bridgehead atoms. The van der Waals surface area contributed by atoms with Crippen LogP contribution in [-0.2, 0) is 11.3 Å². The maximum atomic E-state index is 5.91. The van der Waals surface area contributed by atoms with E-state index in [1.165, 1.54) is 5.52 Å². The fourth-order valence-corrected chi connectivity index (χ4v) is 1.97. The number of hydrogen-bond donors (Lipinski definition) is 1. The third-order valence-electron chi connectivity index (χ3n) is 2.84. The number of nitrogens with zero attached hydrogens (tertiary/aromatic N) is 1. The van der Waals surface area contributed by atoms with Crippen molar-refractivity contribution in [2.75, 3.05) is 19.5 Å². The molecule has 0 amide bonds. The molecule has 0 saturated carbocycles.